The number of esters is 1. The second-order valence-corrected chi connectivity index (χ2v) is 3.61. The van der Waals surface area contributed by atoms with Gasteiger partial charge in [0, 0.05) is 0 Å². The molecule has 0 aliphatic carbocycles. The lowest BCUT2D eigenvalue weighted by molar-refractivity contribution is -0.136. The number of hydrogen-bond acceptors (Lipinski definition) is 5. The number of carboxylic acid groups (broad SMARTS) is 1. The number of hydrogen-bond donors (Lipinski definition) is 2. The van der Waals surface area contributed by atoms with Crippen LogP contribution in [0, 0.1) is 0 Å². The topological polar surface area (TPSA) is 107 Å². The molecular weight excluding hydrogens is 238 g/mol. The first-order valence-corrected chi connectivity index (χ1v) is 5.10. The largest absolute Gasteiger partial charge is 0.481 e. The van der Waals surface area contributed by atoms with Gasteiger partial charge in [0.15, 0.2) is 5.69 Å². The Kier molecular flexibility index (Phi) is 2.88. The third-order valence-corrected chi connectivity index (χ3v) is 2.45. The van der Waals surface area contributed by atoms with Crippen LogP contribution in [0.25, 0.3) is 5.52 Å². The molecule has 2 aromatic rings. The van der Waals surface area contributed by atoms with Crippen LogP contribution in [0.15, 0.2) is 18.2 Å². The molecule has 7 heteroatoms. The van der Waals surface area contributed by atoms with Gasteiger partial charge in [0.05, 0.1) is 12.6 Å². The normalized spacial score (nSPS) is 10.5. The highest BCUT2D eigenvalue weighted by Crippen LogP contribution is 2.18. The van der Waals surface area contributed by atoms with E-state index in [4.69, 9.17) is 10.8 Å². The van der Waals surface area contributed by atoms with E-state index < -0.39 is 11.9 Å². The Morgan fingerprint density at radius 2 is 2.22 bits per heavy atom. The zero-order valence-corrected chi connectivity index (χ0v) is 9.58. The summed E-state index contributed by atoms with van der Waals surface area (Å²) in [5.41, 5.74) is 6.25. The van der Waals surface area contributed by atoms with E-state index in [0.717, 1.165) is 0 Å². The van der Waals surface area contributed by atoms with Crippen molar-refractivity contribution in [3.63, 3.8) is 0 Å². The lowest BCUT2D eigenvalue weighted by atomic mass is 10.3. The van der Waals surface area contributed by atoms with E-state index in [-0.39, 0.29) is 17.9 Å². The first-order chi connectivity index (χ1) is 8.54. The summed E-state index contributed by atoms with van der Waals surface area (Å²) < 4.78 is 6.03. The Bertz CT molecular complexity index is 632. The monoisotopic (exact) mass is 249 g/mol. The van der Waals surface area contributed by atoms with Gasteiger partial charge in [0.1, 0.15) is 18.1 Å². The van der Waals surface area contributed by atoms with Crippen molar-refractivity contribution in [2.75, 3.05) is 12.8 Å². The van der Waals surface area contributed by atoms with E-state index in [2.05, 4.69) is 9.72 Å². The number of pyridine rings is 1. The maximum Gasteiger partial charge on any atom is 0.358 e. The Labute approximate surface area is 102 Å². The minimum Gasteiger partial charge on any atom is -0.481 e. The quantitative estimate of drug-likeness (QED) is 0.759. The van der Waals surface area contributed by atoms with Crippen LogP contribution in [-0.2, 0) is 16.0 Å². The second kappa shape index (κ2) is 4.36. The highest BCUT2D eigenvalue weighted by atomic mass is 16.5. The zero-order valence-electron chi connectivity index (χ0n) is 9.58. The molecular formula is C11H11N3O4. The molecule has 3 N–H and O–H groups in total. The van der Waals surface area contributed by atoms with Crippen LogP contribution in [0.4, 0.5) is 5.82 Å². The van der Waals surface area contributed by atoms with Gasteiger partial charge in [-0.25, -0.2) is 9.78 Å². The molecule has 2 heterocycles. The number of aliphatic carboxylic acids is 1. The molecule has 0 fully saturated rings. The minimum absolute atomic E-state index is 0.0565. The summed E-state index contributed by atoms with van der Waals surface area (Å²) in [7, 11) is 1.23. The molecule has 0 aliphatic heterocycles. The number of aromatic nitrogens is 2. The number of imidazole rings is 1. The zero-order chi connectivity index (χ0) is 13.3. The van der Waals surface area contributed by atoms with Crippen molar-refractivity contribution in [1.29, 1.82) is 0 Å². The van der Waals surface area contributed by atoms with Crippen LogP contribution >= 0.6 is 0 Å². The Morgan fingerprint density at radius 1 is 1.50 bits per heavy atom. The lowest BCUT2D eigenvalue weighted by Gasteiger charge is -2.02. The predicted octanol–water partition coefficient (Wildman–Crippen LogP) is 0.330. The minimum atomic E-state index is -1.05. The maximum atomic E-state index is 11.6. The Morgan fingerprint density at radius 3 is 2.83 bits per heavy atom. The van der Waals surface area contributed by atoms with Gasteiger partial charge in [-0.3, -0.25) is 9.20 Å². The van der Waals surface area contributed by atoms with Crippen molar-refractivity contribution in [1.82, 2.24) is 9.38 Å². The van der Waals surface area contributed by atoms with E-state index >= 15 is 0 Å². The van der Waals surface area contributed by atoms with Crippen LogP contribution in [0.1, 0.15) is 16.3 Å². The van der Waals surface area contributed by atoms with Crippen molar-refractivity contribution < 1.29 is 19.4 Å². The van der Waals surface area contributed by atoms with Gasteiger partial charge in [-0.05, 0) is 12.1 Å². The van der Waals surface area contributed by atoms with Gasteiger partial charge in [-0.15, -0.1) is 0 Å². The number of ether oxygens (including phenoxy) is 1. The van der Waals surface area contributed by atoms with E-state index in [1.165, 1.54) is 11.5 Å². The number of rotatable bonds is 3. The van der Waals surface area contributed by atoms with Gasteiger partial charge in [0.25, 0.3) is 0 Å². The number of nitrogen functional groups attached to an aromatic ring is 1. The first kappa shape index (κ1) is 11.9. The Hall–Kier alpha value is -2.57. The van der Waals surface area contributed by atoms with Crippen molar-refractivity contribution >= 4 is 23.3 Å². The van der Waals surface area contributed by atoms with Crippen LogP contribution in [0.3, 0.4) is 0 Å². The van der Waals surface area contributed by atoms with E-state index in [0.29, 0.717) is 11.3 Å². The SMILES string of the molecule is COC(=O)c1nc(CC(=O)O)n2c(N)cccc12. The summed E-state index contributed by atoms with van der Waals surface area (Å²) in [5, 5.41) is 8.81. The van der Waals surface area contributed by atoms with Crippen LogP contribution in [0.2, 0.25) is 0 Å². The number of anilines is 1. The molecule has 0 saturated carbocycles. The van der Waals surface area contributed by atoms with Gasteiger partial charge in [-0.2, -0.15) is 0 Å². The molecule has 94 valence electrons. The molecule has 0 aliphatic rings. The van der Waals surface area contributed by atoms with Crippen LogP contribution in [-0.4, -0.2) is 33.5 Å². The number of carbonyl (C=O) groups excluding carboxylic acids is 1. The first-order valence-electron chi connectivity index (χ1n) is 5.10. The van der Waals surface area contributed by atoms with E-state index in [9.17, 15) is 9.59 Å². The van der Waals surface area contributed by atoms with Gasteiger partial charge < -0.3 is 15.6 Å². The highest BCUT2D eigenvalue weighted by Gasteiger charge is 2.20. The second-order valence-electron chi connectivity index (χ2n) is 3.61. The fourth-order valence-electron chi connectivity index (χ4n) is 1.74. The summed E-state index contributed by atoms with van der Waals surface area (Å²) in [6, 6.07) is 4.88. The molecule has 0 spiro atoms. The molecule has 7 nitrogen and oxygen atoms in total. The van der Waals surface area contributed by atoms with E-state index in [1.54, 1.807) is 18.2 Å². The fourth-order valence-corrected chi connectivity index (χ4v) is 1.74. The molecule has 0 aromatic carbocycles. The molecule has 18 heavy (non-hydrogen) atoms. The van der Waals surface area contributed by atoms with Gasteiger partial charge in [0.2, 0.25) is 0 Å². The summed E-state index contributed by atoms with van der Waals surface area (Å²) in [5.74, 6) is -1.18. The molecule has 0 amide bonds. The number of fused-ring (bicyclic) bond motifs is 1. The number of carbonyl (C=O) groups is 2. The van der Waals surface area contributed by atoms with Gasteiger partial charge in [-0.1, -0.05) is 6.07 Å². The molecule has 2 aromatic heterocycles. The highest BCUT2D eigenvalue weighted by molar-refractivity contribution is 5.95. The molecule has 0 unspecified atom stereocenters. The lowest BCUT2D eigenvalue weighted by Crippen LogP contribution is -2.07. The third-order valence-electron chi connectivity index (χ3n) is 2.45. The third kappa shape index (κ3) is 1.86. The predicted molar refractivity (Wildman–Crippen MR) is 62.3 cm³/mol. The number of nitrogens with two attached hydrogens (primary N) is 1. The molecule has 0 atom stereocenters. The number of nitrogens with zero attached hydrogens (tertiary/aromatic N) is 2. The fraction of sp³-hybridized carbons (Fsp3) is 0.182. The molecule has 0 radical (unpaired) electrons. The van der Waals surface area contributed by atoms with Crippen molar-refractivity contribution in [3.8, 4) is 0 Å². The van der Waals surface area contributed by atoms with Crippen molar-refractivity contribution in [2.45, 2.75) is 6.42 Å². The summed E-state index contributed by atoms with van der Waals surface area (Å²) in [6.45, 7) is 0. The molecule has 0 bridgehead atoms. The summed E-state index contributed by atoms with van der Waals surface area (Å²) >= 11 is 0. The molecule has 2 rings (SSSR count). The van der Waals surface area contributed by atoms with Crippen LogP contribution in [0.5, 0.6) is 0 Å². The average molecular weight is 249 g/mol. The smallest absolute Gasteiger partial charge is 0.358 e. The number of carboxylic acids is 1. The van der Waals surface area contributed by atoms with Crippen molar-refractivity contribution in [2.24, 2.45) is 0 Å². The standard InChI is InChI=1S/C11H11N3O4/c1-18-11(17)10-6-3-2-4-7(12)14(6)8(13-10)5-9(15)16/h2-4H,5,12H2,1H3,(H,15,16). The van der Waals surface area contributed by atoms with Gasteiger partial charge >= 0.3 is 11.9 Å². The van der Waals surface area contributed by atoms with Crippen molar-refractivity contribution in [3.05, 3.63) is 29.7 Å². The number of methoxy groups -OCH3 is 1. The van der Waals surface area contributed by atoms with Crippen LogP contribution < -0.4 is 5.73 Å². The summed E-state index contributed by atoms with van der Waals surface area (Å²) in [6.07, 6.45) is -0.327. The summed E-state index contributed by atoms with van der Waals surface area (Å²) in [4.78, 5) is 26.3. The molecule has 0 saturated heterocycles. The average Bonchev–Trinajstić information content (AvgIpc) is 2.68. The Balaban J connectivity index is 2.71. The van der Waals surface area contributed by atoms with E-state index in [1.807, 2.05) is 0 Å². The maximum absolute atomic E-state index is 11.6.